The number of nitrogens with two attached hydrogens (primary N) is 1. The number of nitrogens with one attached hydrogen (secondary N) is 1. The summed E-state index contributed by atoms with van der Waals surface area (Å²) < 4.78 is 5.23. The van der Waals surface area contributed by atoms with Crippen molar-refractivity contribution in [1.29, 1.82) is 0 Å². The van der Waals surface area contributed by atoms with Crippen LogP contribution in [0.4, 0.5) is 0 Å². The van der Waals surface area contributed by atoms with Crippen LogP contribution in [0, 0.1) is 6.92 Å². The Labute approximate surface area is 109 Å². The fraction of sp³-hybridized carbons (Fsp3) is 0.500. The van der Waals surface area contributed by atoms with Gasteiger partial charge in [-0.05, 0) is 26.3 Å². The quantitative estimate of drug-likeness (QED) is 0.833. The molecule has 1 rings (SSSR count). The van der Waals surface area contributed by atoms with E-state index in [2.05, 4.69) is 5.32 Å². The summed E-state index contributed by atoms with van der Waals surface area (Å²) in [6.07, 6.45) is 0. The zero-order valence-corrected chi connectivity index (χ0v) is 11.5. The van der Waals surface area contributed by atoms with Gasteiger partial charge in [0.05, 0.1) is 5.60 Å². The Morgan fingerprint density at radius 2 is 1.94 bits per heavy atom. The van der Waals surface area contributed by atoms with Crippen molar-refractivity contribution < 1.29 is 9.53 Å². The molecule has 0 saturated heterocycles. The van der Waals surface area contributed by atoms with E-state index >= 15 is 0 Å². The fourth-order valence-electron chi connectivity index (χ4n) is 1.41. The van der Waals surface area contributed by atoms with Crippen molar-refractivity contribution in [2.24, 2.45) is 5.73 Å². The molecular formula is C14H22N2O2. The van der Waals surface area contributed by atoms with Gasteiger partial charge >= 0.3 is 0 Å². The van der Waals surface area contributed by atoms with Gasteiger partial charge in [-0.2, -0.15) is 0 Å². The van der Waals surface area contributed by atoms with Gasteiger partial charge in [-0.25, -0.2) is 0 Å². The molecule has 0 radical (unpaired) electrons. The van der Waals surface area contributed by atoms with Crippen LogP contribution < -0.4 is 11.1 Å². The van der Waals surface area contributed by atoms with E-state index in [1.165, 1.54) is 0 Å². The first-order valence-corrected chi connectivity index (χ1v) is 6.01. The Balaban J connectivity index is 2.59. The first kappa shape index (κ1) is 14.7. The lowest BCUT2D eigenvalue weighted by Crippen LogP contribution is -2.43. The van der Waals surface area contributed by atoms with E-state index in [4.69, 9.17) is 10.5 Å². The van der Waals surface area contributed by atoms with Crippen LogP contribution in [0.2, 0.25) is 0 Å². The maximum Gasteiger partial charge on any atom is 0.241 e. The van der Waals surface area contributed by atoms with Crippen LogP contribution in [0.15, 0.2) is 24.3 Å². The molecule has 4 nitrogen and oxygen atoms in total. The highest BCUT2D eigenvalue weighted by Crippen LogP contribution is 2.12. The van der Waals surface area contributed by atoms with Crippen molar-refractivity contribution in [2.45, 2.75) is 32.4 Å². The second-order valence-corrected chi connectivity index (χ2v) is 5.07. The summed E-state index contributed by atoms with van der Waals surface area (Å²) in [5.74, 6) is -0.191. The second kappa shape index (κ2) is 5.98. The molecule has 1 aromatic rings. The van der Waals surface area contributed by atoms with Crippen molar-refractivity contribution in [1.82, 2.24) is 5.32 Å². The van der Waals surface area contributed by atoms with E-state index in [0.717, 1.165) is 11.1 Å². The number of rotatable bonds is 5. The van der Waals surface area contributed by atoms with E-state index in [1.807, 2.05) is 45.0 Å². The third-order valence-electron chi connectivity index (χ3n) is 2.96. The zero-order chi connectivity index (χ0) is 13.8. The van der Waals surface area contributed by atoms with Crippen LogP contribution >= 0.6 is 0 Å². The molecule has 0 aromatic heterocycles. The Hall–Kier alpha value is -1.39. The average molecular weight is 250 g/mol. The number of methoxy groups -OCH3 is 1. The van der Waals surface area contributed by atoms with Crippen LogP contribution in [0.1, 0.15) is 31.0 Å². The first-order chi connectivity index (χ1) is 8.35. The van der Waals surface area contributed by atoms with E-state index in [9.17, 15) is 4.79 Å². The summed E-state index contributed by atoms with van der Waals surface area (Å²) >= 11 is 0. The molecule has 0 aliphatic heterocycles. The van der Waals surface area contributed by atoms with Gasteiger partial charge in [0.25, 0.3) is 0 Å². The molecule has 100 valence electrons. The van der Waals surface area contributed by atoms with Crippen LogP contribution in [-0.4, -0.2) is 25.2 Å². The van der Waals surface area contributed by atoms with Crippen LogP contribution in [0.5, 0.6) is 0 Å². The monoisotopic (exact) mass is 250 g/mol. The van der Waals surface area contributed by atoms with E-state index in [1.54, 1.807) is 7.11 Å². The Bertz CT molecular complexity index is 399. The molecule has 1 atom stereocenters. The standard InChI is InChI=1S/C14H22N2O2/c1-10-5-7-11(8-6-10)12(15)13(17)16-9-14(2,3)18-4/h5-8,12H,9,15H2,1-4H3,(H,16,17). The number of carbonyl (C=O) groups is 1. The number of carbonyl (C=O) groups excluding carboxylic acids is 1. The summed E-state index contributed by atoms with van der Waals surface area (Å²) in [4.78, 5) is 11.9. The smallest absolute Gasteiger partial charge is 0.241 e. The zero-order valence-electron chi connectivity index (χ0n) is 11.5. The topological polar surface area (TPSA) is 64.3 Å². The number of benzene rings is 1. The van der Waals surface area contributed by atoms with Gasteiger partial charge in [-0.1, -0.05) is 29.8 Å². The van der Waals surface area contributed by atoms with Gasteiger partial charge in [0.2, 0.25) is 5.91 Å². The number of amides is 1. The highest BCUT2D eigenvalue weighted by molar-refractivity contribution is 5.82. The van der Waals surface area contributed by atoms with Crippen LogP contribution in [0.3, 0.4) is 0 Å². The highest BCUT2D eigenvalue weighted by Gasteiger charge is 2.21. The Morgan fingerprint density at radius 3 is 2.44 bits per heavy atom. The predicted octanol–water partition coefficient (Wildman–Crippen LogP) is 1.54. The number of aryl methyl sites for hydroxylation is 1. The molecule has 0 fully saturated rings. The maximum atomic E-state index is 11.9. The van der Waals surface area contributed by atoms with Crippen molar-refractivity contribution in [3.63, 3.8) is 0 Å². The third kappa shape index (κ3) is 4.13. The molecule has 1 aromatic carbocycles. The Kier molecular flexibility index (Phi) is 4.87. The average Bonchev–Trinajstić information content (AvgIpc) is 2.36. The lowest BCUT2D eigenvalue weighted by molar-refractivity contribution is -0.123. The molecule has 0 heterocycles. The summed E-state index contributed by atoms with van der Waals surface area (Å²) in [5.41, 5.74) is 7.48. The van der Waals surface area contributed by atoms with Gasteiger partial charge in [-0.3, -0.25) is 4.79 Å². The summed E-state index contributed by atoms with van der Waals surface area (Å²) in [7, 11) is 1.62. The van der Waals surface area contributed by atoms with Gasteiger partial charge < -0.3 is 15.8 Å². The molecule has 1 unspecified atom stereocenters. The fourth-order valence-corrected chi connectivity index (χ4v) is 1.41. The summed E-state index contributed by atoms with van der Waals surface area (Å²) in [5, 5.41) is 2.80. The number of hydrogen-bond acceptors (Lipinski definition) is 3. The minimum atomic E-state index is -0.641. The third-order valence-corrected chi connectivity index (χ3v) is 2.96. The molecule has 18 heavy (non-hydrogen) atoms. The van der Waals surface area contributed by atoms with Crippen LogP contribution in [0.25, 0.3) is 0 Å². The van der Waals surface area contributed by atoms with Gasteiger partial charge in [0.1, 0.15) is 6.04 Å². The van der Waals surface area contributed by atoms with Gasteiger partial charge in [0, 0.05) is 13.7 Å². The predicted molar refractivity (Wildman–Crippen MR) is 72.2 cm³/mol. The molecular weight excluding hydrogens is 228 g/mol. The molecule has 0 aliphatic carbocycles. The number of hydrogen-bond donors (Lipinski definition) is 2. The van der Waals surface area contributed by atoms with E-state index in [-0.39, 0.29) is 11.5 Å². The summed E-state index contributed by atoms with van der Waals surface area (Å²) in [6, 6.07) is 7.00. The normalized spacial score (nSPS) is 13.2. The molecule has 1 amide bonds. The lowest BCUT2D eigenvalue weighted by Gasteiger charge is -2.24. The molecule has 3 N–H and O–H groups in total. The van der Waals surface area contributed by atoms with Crippen molar-refractivity contribution in [3.8, 4) is 0 Å². The minimum absolute atomic E-state index is 0.191. The second-order valence-electron chi connectivity index (χ2n) is 5.07. The SMILES string of the molecule is COC(C)(C)CNC(=O)C(N)c1ccc(C)cc1. The van der Waals surface area contributed by atoms with E-state index in [0.29, 0.717) is 6.54 Å². The molecule has 0 saturated carbocycles. The largest absolute Gasteiger partial charge is 0.377 e. The van der Waals surface area contributed by atoms with Crippen molar-refractivity contribution >= 4 is 5.91 Å². The minimum Gasteiger partial charge on any atom is -0.377 e. The first-order valence-electron chi connectivity index (χ1n) is 6.01. The highest BCUT2D eigenvalue weighted by atomic mass is 16.5. The molecule has 4 heteroatoms. The lowest BCUT2D eigenvalue weighted by atomic mass is 10.0. The molecule has 0 aliphatic rings. The number of ether oxygens (including phenoxy) is 1. The van der Waals surface area contributed by atoms with Crippen molar-refractivity contribution in [3.05, 3.63) is 35.4 Å². The van der Waals surface area contributed by atoms with E-state index < -0.39 is 6.04 Å². The van der Waals surface area contributed by atoms with Crippen molar-refractivity contribution in [2.75, 3.05) is 13.7 Å². The Morgan fingerprint density at radius 1 is 1.39 bits per heavy atom. The molecule has 0 spiro atoms. The van der Waals surface area contributed by atoms with Gasteiger partial charge in [0.15, 0.2) is 0 Å². The summed E-state index contributed by atoms with van der Waals surface area (Å²) in [6.45, 7) is 6.24. The molecule has 0 bridgehead atoms. The maximum absolute atomic E-state index is 11.9. The van der Waals surface area contributed by atoms with Gasteiger partial charge in [-0.15, -0.1) is 0 Å². The van der Waals surface area contributed by atoms with Crippen LogP contribution in [-0.2, 0) is 9.53 Å².